The van der Waals surface area contributed by atoms with Crippen LogP contribution in [-0.4, -0.2) is 91.5 Å². The van der Waals surface area contributed by atoms with Crippen molar-refractivity contribution in [2.24, 2.45) is 5.92 Å². The lowest BCUT2D eigenvalue weighted by molar-refractivity contribution is -0.161. The van der Waals surface area contributed by atoms with E-state index in [1.54, 1.807) is 12.2 Å². The lowest BCUT2D eigenvalue weighted by Gasteiger charge is -2.21. The highest BCUT2D eigenvalue weighted by atomic mass is 31.3. The van der Waals surface area contributed by atoms with E-state index in [4.69, 9.17) is 29.0 Å². The Morgan fingerprint density at radius 2 is 1.30 bits per heavy atom. The third kappa shape index (κ3) is 31.3. The maximum absolute atomic E-state index is 12.9. The number of esters is 2. The Kier molecular flexibility index (Phi) is 33.9. The Balaban J connectivity index is 1.81. The number of anilines is 1. The van der Waals surface area contributed by atoms with E-state index < -0.39 is 83.7 Å². The molecule has 0 aromatic carbocycles. The van der Waals surface area contributed by atoms with Crippen LogP contribution in [0.25, 0.3) is 0 Å². The van der Waals surface area contributed by atoms with Crippen LogP contribution in [0.4, 0.5) is 5.82 Å². The second kappa shape index (κ2) is 37.6. The quantitative estimate of drug-likeness (QED) is 0.0134. The number of aromatic nitrogens is 2. The van der Waals surface area contributed by atoms with Gasteiger partial charge in [0.05, 0.1) is 13.2 Å². The molecule has 1 fully saturated rings. The van der Waals surface area contributed by atoms with Crippen molar-refractivity contribution >= 4 is 39.2 Å². The molecule has 1 aliphatic rings. The fourth-order valence-electron chi connectivity index (χ4n) is 7.83. The van der Waals surface area contributed by atoms with Gasteiger partial charge in [0.1, 0.15) is 30.7 Å². The zero-order chi connectivity index (χ0) is 52.3. The summed E-state index contributed by atoms with van der Waals surface area (Å²) in [6, 6.07) is 1.24. The summed E-state index contributed by atoms with van der Waals surface area (Å²) in [4.78, 5) is 74.1. The molecule has 2 unspecified atom stereocenters. The van der Waals surface area contributed by atoms with Crippen LogP contribution < -0.4 is 11.4 Å². The molecule has 1 aliphatic heterocycles. The number of carbonyl (C=O) groups is 3. The van der Waals surface area contributed by atoms with Gasteiger partial charge < -0.3 is 39.9 Å². The van der Waals surface area contributed by atoms with E-state index in [2.05, 4.69) is 36.1 Å². The predicted octanol–water partition coefficient (Wildman–Crippen LogP) is 10.0. The average Bonchev–Trinajstić information content (AvgIpc) is 3.59. The first-order valence-electron chi connectivity index (χ1n) is 26.2. The number of nitrogen functional groups attached to an aromatic ring is 1. The fourth-order valence-corrected chi connectivity index (χ4v) is 9.94. The number of phosphoric acid groups is 2. The summed E-state index contributed by atoms with van der Waals surface area (Å²) in [6.45, 7) is 4.32. The van der Waals surface area contributed by atoms with Crippen molar-refractivity contribution in [2.75, 3.05) is 25.6 Å². The number of nitrogens with zero attached hydrogens (tertiary/aromatic N) is 2. The molecule has 7 atom stereocenters. The number of hydrogen-bond acceptors (Lipinski definition) is 16. The van der Waals surface area contributed by atoms with Crippen molar-refractivity contribution in [1.82, 2.24) is 9.55 Å². The Hall–Kier alpha value is -3.09. The van der Waals surface area contributed by atoms with E-state index in [1.165, 1.54) is 83.1 Å². The SMILES string of the molecule is CCCCC/C=C\C=C\C(=O)CCCCCCCC(=O)OC[C@H](COP(=O)(O)OP(=O)(O)OC[C@H]1O[C@@H](n2ccc(N)nc2=O)[C@H](O)[C@@H]1O)OC(=O)CCCCCCCCCCCCCCCCC(C)C. The number of unbranched alkanes of at least 4 members (excludes halogenated alkanes) is 20. The molecule has 0 aliphatic carbocycles. The summed E-state index contributed by atoms with van der Waals surface area (Å²) < 4.78 is 56.7. The zero-order valence-electron chi connectivity index (χ0n) is 42.7. The second-order valence-electron chi connectivity index (χ2n) is 18.9. The van der Waals surface area contributed by atoms with Gasteiger partial charge in [-0.05, 0) is 50.2 Å². The molecule has 1 saturated heterocycles. The van der Waals surface area contributed by atoms with Crippen LogP contribution in [0.5, 0.6) is 0 Å². The van der Waals surface area contributed by atoms with Gasteiger partial charge in [-0.25, -0.2) is 13.9 Å². The summed E-state index contributed by atoms with van der Waals surface area (Å²) in [5.74, 6) is -0.536. The van der Waals surface area contributed by atoms with E-state index >= 15 is 0 Å². The minimum atomic E-state index is -5.44. The first kappa shape index (κ1) is 64.0. The maximum Gasteiger partial charge on any atom is 0.481 e. The number of phosphoric ester groups is 2. The molecule has 0 radical (unpaired) electrons. The topological polar surface area (TPSA) is 283 Å². The first-order valence-corrected chi connectivity index (χ1v) is 29.2. The molecule has 6 N–H and O–H groups in total. The number of rotatable bonds is 43. The van der Waals surface area contributed by atoms with Gasteiger partial charge in [0.15, 0.2) is 18.1 Å². The number of hydrogen-bond donors (Lipinski definition) is 5. The fraction of sp³-hybridized carbons (Fsp3) is 0.780. The summed E-state index contributed by atoms with van der Waals surface area (Å²) in [5.41, 5.74) is 4.58. The highest BCUT2D eigenvalue weighted by Crippen LogP contribution is 2.60. The van der Waals surface area contributed by atoms with E-state index in [-0.39, 0.29) is 24.4 Å². The number of aliphatic hydroxyl groups excluding tert-OH is 2. The maximum atomic E-state index is 12.9. The second-order valence-corrected chi connectivity index (χ2v) is 21.9. The smallest absolute Gasteiger partial charge is 0.462 e. The van der Waals surface area contributed by atoms with Crippen molar-refractivity contribution in [3.8, 4) is 0 Å². The van der Waals surface area contributed by atoms with Crippen molar-refractivity contribution in [3.05, 3.63) is 47.1 Å². The van der Waals surface area contributed by atoms with Crippen LogP contribution in [0.2, 0.25) is 0 Å². The molecule has 0 spiro atoms. The van der Waals surface area contributed by atoms with Gasteiger partial charge in [-0.15, -0.1) is 0 Å². The Morgan fingerprint density at radius 1 is 0.746 bits per heavy atom. The number of nitrogens with two attached hydrogens (primary N) is 1. The Morgan fingerprint density at radius 3 is 1.87 bits per heavy atom. The third-order valence-electron chi connectivity index (χ3n) is 11.9. The molecule has 0 amide bonds. The Bertz CT molecular complexity index is 1860. The van der Waals surface area contributed by atoms with E-state index in [9.17, 15) is 48.3 Å². The number of aliphatic hydroxyl groups is 2. The summed E-state index contributed by atoms with van der Waals surface area (Å²) in [5, 5.41) is 20.9. The number of ketones is 1. The van der Waals surface area contributed by atoms with Gasteiger partial charge in [0.25, 0.3) is 0 Å². The van der Waals surface area contributed by atoms with Crippen LogP contribution in [0.1, 0.15) is 200 Å². The zero-order valence-corrected chi connectivity index (χ0v) is 44.5. The molecule has 2 rings (SSSR count). The third-order valence-corrected chi connectivity index (χ3v) is 14.5. The Labute approximate surface area is 421 Å². The van der Waals surface area contributed by atoms with Gasteiger partial charge in [-0.2, -0.15) is 9.29 Å². The summed E-state index contributed by atoms with van der Waals surface area (Å²) >= 11 is 0. The monoisotopic (exact) mass is 1050 g/mol. The predicted molar refractivity (Wildman–Crippen MR) is 271 cm³/mol. The largest absolute Gasteiger partial charge is 0.481 e. The molecule has 19 nitrogen and oxygen atoms in total. The molecular formula is C50H87N3O16P2. The summed E-state index contributed by atoms with van der Waals surface area (Å²) in [7, 11) is -10.9. The highest BCUT2D eigenvalue weighted by molar-refractivity contribution is 7.61. The van der Waals surface area contributed by atoms with Crippen LogP contribution in [0, 0.1) is 5.92 Å². The van der Waals surface area contributed by atoms with Gasteiger partial charge >= 0.3 is 33.3 Å². The van der Waals surface area contributed by atoms with Crippen molar-refractivity contribution < 1.29 is 71.1 Å². The van der Waals surface area contributed by atoms with Crippen molar-refractivity contribution in [3.63, 3.8) is 0 Å². The van der Waals surface area contributed by atoms with Gasteiger partial charge in [0, 0.05) is 25.5 Å². The molecule has 0 saturated carbocycles. The van der Waals surface area contributed by atoms with Crippen LogP contribution in [0.15, 0.2) is 41.4 Å². The minimum absolute atomic E-state index is 0.0288. The minimum Gasteiger partial charge on any atom is -0.462 e. The van der Waals surface area contributed by atoms with E-state index in [0.29, 0.717) is 25.7 Å². The van der Waals surface area contributed by atoms with E-state index in [0.717, 1.165) is 74.5 Å². The number of carbonyl (C=O) groups excluding carboxylic acids is 3. The van der Waals surface area contributed by atoms with Crippen LogP contribution in [0.3, 0.4) is 0 Å². The van der Waals surface area contributed by atoms with Crippen molar-refractivity contribution in [1.29, 1.82) is 0 Å². The van der Waals surface area contributed by atoms with Crippen LogP contribution >= 0.6 is 15.6 Å². The van der Waals surface area contributed by atoms with Crippen LogP contribution in [-0.2, 0) is 51.1 Å². The van der Waals surface area contributed by atoms with Gasteiger partial charge in [0.2, 0.25) is 0 Å². The normalized spacial score (nSPS) is 19.3. The van der Waals surface area contributed by atoms with Gasteiger partial charge in [-0.1, -0.05) is 161 Å². The summed E-state index contributed by atoms with van der Waals surface area (Å²) in [6.07, 6.45) is 26.5. The average molecular weight is 1050 g/mol. The van der Waals surface area contributed by atoms with Gasteiger partial charge in [-0.3, -0.25) is 28.0 Å². The number of allylic oxidation sites excluding steroid dienone is 4. The molecule has 408 valence electrons. The number of ether oxygens (including phenoxy) is 3. The first-order chi connectivity index (χ1) is 33.9. The lowest BCUT2D eigenvalue weighted by Crippen LogP contribution is -2.36. The standard InChI is InChI=1S/C50H87N3O16P2/c1-4-5-6-7-16-21-26-31-41(54)32-27-22-19-24-28-33-45(55)64-37-42(67-46(56)34-29-23-18-15-13-11-9-8-10-12-14-17-20-25-30-40(2)3)38-65-70(60,61)69-71(62,63)66-39-43-47(57)48(58)49(68-43)53-36-35-44(51)52-50(53)59/h16,21,26,31,35-36,40,42-43,47-49,57-58H,4-15,17-20,22-25,27-30,32-34,37-39H2,1-3H3,(H,60,61)(H,62,63)(H2,51,52,59)/b21-16-,31-26+/t42-,43-,47-,48-,49-/m1/s1. The molecule has 71 heavy (non-hydrogen) atoms. The molecule has 1 aromatic rings. The molecule has 1 aromatic heterocycles. The molecular weight excluding hydrogens is 961 g/mol. The molecule has 0 bridgehead atoms. The molecule has 21 heteroatoms. The lowest BCUT2D eigenvalue weighted by atomic mass is 10.0. The highest BCUT2D eigenvalue weighted by Gasteiger charge is 2.46. The molecule has 2 heterocycles. The van der Waals surface area contributed by atoms with Crippen molar-refractivity contribution in [2.45, 2.75) is 225 Å². The van der Waals surface area contributed by atoms with E-state index in [1.807, 2.05) is 6.08 Å².